The molecule has 0 amide bonds. The van der Waals surface area contributed by atoms with Crippen molar-refractivity contribution in [3.63, 3.8) is 0 Å². The van der Waals surface area contributed by atoms with E-state index in [1.54, 1.807) is 0 Å². The van der Waals surface area contributed by atoms with Crippen LogP contribution in [0.2, 0.25) is 10.0 Å². The van der Waals surface area contributed by atoms with E-state index in [2.05, 4.69) is 18.3 Å². The maximum atomic E-state index is 6.39. The Labute approximate surface area is 132 Å². The van der Waals surface area contributed by atoms with Gasteiger partial charge in [-0.3, -0.25) is 0 Å². The van der Waals surface area contributed by atoms with Crippen LogP contribution in [-0.4, -0.2) is 13.1 Å². The lowest BCUT2D eigenvalue weighted by molar-refractivity contribution is 0.249. The number of hydrogen-bond acceptors (Lipinski definition) is 1. The van der Waals surface area contributed by atoms with Crippen LogP contribution >= 0.6 is 23.2 Å². The Kier molecular flexibility index (Phi) is 4.31. The maximum absolute atomic E-state index is 6.39. The number of nitrogens with one attached hydrogen (secondary N) is 1. The van der Waals surface area contributed by atoms with E-state index in [4.69, 9.17) is 23.2 Å². The number of rotatable bonds is 6. The Hall–Kier alpha value is -0.240. The Morgan fingerprint density at radius 1 is 1.25 bits per heavy atom. The van der Waals surface area contributed by atoms with Crippen molar-refractivity contribution in [3.05, 3.63) is 33.8 Å². The second-order valence-corrected chi connectivity index (χ2v) is 7.52. The second kappa shape index (κ2) is 5.87. The molecular formula is C17H23Cl2N. The third-order valence-corrected chi connectivity index (χ3v) is 5.84. The molecule has 2 aliphatic carbocycles. The summed E-state index contributed by atoms with van der Waals surface area (Å²) in [5, 5.41) is 5.08. The average Bonchev–Trinajstić information content (AvgIpc) is 3.04. The van der Waals surface area contributed by atoms with Crippen molar-refractivity contribution >= 4 is 23.2 Å². The molecule has 0 spiro atoms. The highest BCUT2D eigenvalue weighted by Gasteiger charge is 2.53. The molecule has 0 aliphatic heterocycles. The molecule has 3 rings (SSSR count). The molecule has 0 aromatic heterocycles. The van der Waals surface area contributed by atoms with Crippen molar-refractivity contribution in [1.29, 1.82) is 0 Å². The number of benzene rings is 1. The smallest absolute Gasteiger partial charge is 0.0624 e. The standard InChI is InChI=1S/C17H23Cl2N/c1-2-6-20-11-17(9-13-7-14(13)10-17)8-12-4-3-5-15(18)16(12)19/h3-5,13-14,20H,2,6-11H2,1H3. The molecule has 2 saturated carbocycles. The highest BCUT2D eigenvalue weighted by atomic mass is 35.5. The van der Waals surface area contributed by atoms with Crippen LogP contribution in [0.1, 0.15) is 38.2 Å². The maximum Gasteiger partial charge on any atom is 0.0624 e. The first-order chi connectivity index (χ1) is 9.63. The van der Waals surface area contributed by atoms with E-state index in [9.17, 15) is 0 Å². The van der Waals surface area contributed by atoms with Gasteiger partial charge in [-0.15, -0.1) is 0 Å². The minimum atomic E-state index is 0.400. The summed E-state index contributed by atoms with van der Waals surface area (Å²) in [6.45, 7) is 4.46. The summed E-state index contributed by atoms with van der Waals surface area (Å²) in [7, 11) is 0. The van der Waals surface area contributed by atoms with Crippen molar-refractivity contribution < 1.29 is 0 Å². The first-order valence-corrected chi connectivity index (χ1v) is 8.53. The molecule has 1 N–H and O–H groups in total. The molecule has 0 radical (unpaired) electrons. The zero-order valence-corrected chi connectivity index (χ0v) is 13.6. The molecular weight excluding hydrogens is 289 g/mol. The van der Waals surface area contributed by atoms with Crippen LogP contribution in [0.25, 0.3) is 0 Å². The third kappa shape index (κ3) is 3.00. The summed E-state index contributed by atoms with van der Waals surface area (Å²) >= 11 is 12.6. The molecule has 1 nitrogen and oxygen atoms in total. The van der Waals surface area contributed by atoms with E-state index in [0.29, 0.717) is 10.4 Å². The molecule has 110 valence electrons. The molecule has 3 heteroatoms. The molecule has 2 atom stereocenters. The van der Waals surface area contributed by atoms with Crippen LogP contribution in [0.5, 0.6) is 0 Å². The quantitative estimate of drug-likeness (QED) is 0.733. The van der Waals surface area contributed by atoms with Gasteiger partial charge in [-0.2, -0.15) is 0 Å². The van der Waals surface area contributed by atoms with Gasteiger partial charge in [-0.05, 0) is 67.5 Å². The van der Waals surface area contributed by atoms with E-state index in [1.807, 2.05) is 12.1 Å². The summed E-state index contributed by atoms with van der Waals surface area (Å²) in [4.78, 5) is 0. The van der Waals surface area contributed by atoms with E-state index < -0.39 is 0 Å². The highest BCUT2D eigenvalue weighted by molar-refractivity contribution is 6.42. The molecule has 0 bridgehead atoms. The van der Waals surface area contributed by atoms with Gasteiger partial charge in [-0.25, -0.2) is 0 Å². The highest BCUT2D eigenvalue weighted by Crippen LogP contribution is 2.60. The largest absolute Gasteiger partial charge is 0.316 e. The molecule has 2 fully saturated rings. The fourth-order valence-corrected chi connectivity index (χ4v) is 4.36. The van der Waals surface area contributed by atoms with E-state index in [-0.39, 0.29) is 0 Å². The molecule has 0 heterocycles. The van der Waals surface area contributed by atoms with Gasteiger partial charge in [0.25, 0.3) is 0 Å². The Morgan fingerprint density at radius 3 is 2.70 bits per heavy atom. The lowest BCUT2D eigenvalue weighted by Crippen LogP contribution is -2.35. The summed E-state index contributed by atoms with van der Waals surface area (Å²) in [6.07, 6.45) is 6.43. The Morgan fingerprint density at radius 2 is 2.00 bits per heavy atom. The van der Waals surface area contributed by atoms with Crippen LogP contribution in [-0.2, 0) is 6.42 Å². The van der Waals surface area contributed by atoms with Gasteiger partial charge in [0, 0.05) is 6.54 Å². The zero-order chi connectivity index (χ0) is 14.2. The predicted octanol–water partition coefficient (Wildman–Crippen LogP) is 4.95. The van der Waals surface area contributed by atoms with Gasteiger partial charge >= 0.3 is 0 Å². The number of hydrogen-bond donors (Lipinski definition) is 1. The second-order valence-electron chi connectivity index (χ2n) is 6.73. The minimum Gasteiger partial charge on any atom is -0.316 e. The Balaban J connectivity index is 1.74. The monoisotopic (exact) mass is 311 g/mol. The average molecular weight is 312 g/mol. The van der Waals surface area contributed by atoms with Crippen LogP contribution < -0.4 is 5.32 Å². The molecule has 1 aromatic carbocycles. The van der Waals surface area contributed by atoms with Crippen molar-refractivity contribution in [2.45, 2.75) is 39.0 Å². The van der Waals surface area contributed by atoms with Crippen molar-refractivity contribution in [2.24, 2.45) is 17.3 Å². The van der Waals surface area contributed by atoms with Crippen molar-refractivity contribution in [1.82, 2.24) is 5.32 Å². The summed E-state index contributed by atoms with van der Waals surface area (Å²) in [6, 6.07) is 6.04. The summed E-state index contributed by atoms with van der Waals surface area (Å²) in [5.74, 6) is 1.97. The fraction of sp³-hybridized carbons (Fsp3) is 0.647. The minimum absolute atomic E-state index is 0.400. The normalized spacial score (nSPS) is 31.4. The number of fused-ring (bicyclic) bond motifs is 1. The molecule has 20 heavy (non-hydrogen) atoms. The van der Waals surface area contributed by atoms with E-state index >= 15 is 0 Å². The van der Waals surface area contributed by atoms with Crippen LogP contribution in [0.15, 0.2) is 18.2 Å². The van der Waals surface area contributed by atoms with Crippen LogP contribution in [0.3, 0.4) is 0 Å². The molecule has 2 unspecified atom stereocenters. The van der Waals surface area contributed by atoms with Crippen LogP contribution in [0.4, 0.5) is 0 Å². The van der Waals surface area contributed by atoms with E-state index in [1.165, 1.54) is 31.2 Å². The molecule has 1 aromatic rings. The van der Waals surface area contributed by atoms with Gasteiger partial charge in [0.1, 0.15) is 0 Å². The van der Waals surface area contributed by atoms with Gasteiger partial charge in [-0.1, -0.05) is 42.3 Å². The predicted molar refractivity (Wildman–Crippen MR) is 86.6 cm³/mol. The zero-order valence-electron chi connectivity index (χ0n) is 12.1. The Bertz CT molecular complexity index is 476. The summed E-state index contributed by atoms with van der Waals surface area (Å²) < 4.78 is 0. The van der Waals surface area contributed by atoms with Crippen molar-refractivity contribution in [3.8, 4) is 0 Å². The number of halogens is 2. The first-order valence-electron chi connectivity index (χ1n) is 7.77. The van der Waals surface area contributed by atoms with Crippen molar-refractivity contribution in [2.75, 3.05) is 13.1 Å². The van der Waals surface area contributed by atoms with Gasteiger partial charge in [0.05, 0.1) is 10.0 Å². The fourth-order valence-electron chi connectivity index (χ4n) is 3.98. The third-order valence-electron chi connectivity index (χ3n) is 4.98. The topological polar surface area (TPSA) is 12.0 Å². The lowest BCUT2D eigenvalue weighted by atomic mass is 9.77. The van der Waals surface area contributed by atoms with Gasteiger partial charge in [0.15, 0.2) is 0 Å². The summed E-state index contributed by atoms with van der Waals surface area (Å²) in [5.41, 5.74) is 1.62. The van der Waals surface area contributed by atoms with Gasteiger partial charge < -0.3 is 5.32 Å². The van der Waals surface area contributed by atoms with E-state index in [0.717, 1.165) is 36.4 Å². The van der Waals surface area contributed by atoms with Gasteiger partial charge in [0.2, 0.25) is 0 Å². The lowest BCUT2D eigenvalue weighted by Gasteiger charge is -2.32. The first kappa shape index (κ1) is 14.7. The molecule has 0 saturated heterocycles. The molecule has 2 aliphatic rings. The van der Waals surface area contributed by atoms with Crippen LogP contribution in [0, 0.1) is 17.3 Å². The SMILES string of the molecule is CCCNCC1(Cc2cccc(Cl)c2Cl)CC2CC2C1.